The van der Waals surface area contributed by atoms with Gasteiger partial charge in [-0.2, -0.15) is 0 Å². The van der Waals surface area contributed by atoms with Gasteiger partial charge in [-0.05, 0) is 55.9 Å². The summed E-state index contributed by atoms with van der Waals surface area (Å²) in [5.74, 6) is 0.595. The second-order valence-electron chi connectivity index (χ2n) is 14.7. The van der Waals surface area contributed by atoms with Gasteiger partial charge in [-0.3, -0.25) is 29.2 Å². The molecule has 306 valence electrons. The van der Waals surface area contributed by atoms with Crippen LogP contribution < -0.4 is 35.3 Å². The van der Waals surface area contributed by atoms with Crippen molar-refractivity contribution in [1.82, 2.24) is 20.4 Å². The minimum atomic E-state index is -0.736. The molecule has 15 nitrogen and oxygen atoms in total. The minimum absolute atomic E-state index is 0.0474. The number of hydrogen-bond acceptors (Lipinski definition) is 11. The predicted octanol–water partition coefficient (Wildman–Crippen LogP) is 4.92. The van der Waals surface area contributed by atoms with Crippen molar-refractivity contribution in [2.45, 2.75) is 71.1 Å². The van der Waals surface area contributed by atoms with Crippen molar-refractivity contribution >= 4 is 47.4 Å². The molecule has 4 aliphatic heterocycles. The number of rotatable bonds is 16. The number of allylic oxidation sites excluding steroid dienone is 3. The van der Waals surface area contributed by atoms with Crippen molar-refractivity contribution in [2.75, 3.05) is 34.0 Å². The third kappa shape index (κ3) is 9.15. The fourth-order valence-corrected chi connectivity index (χ4v) is 6.87. The topological polar surface area (TPSA) is 186 Å². The lowest BCUT2D eigenvalue weighted by molar-refractivity contribution is -0.129. The standard InChI is InChI=1S/C43H51N7O8/c1-7-10-27-15-29-21-46-33-19-37(35(55-5)17-31(33)42(53)49(29)23-27)57-13-9-14-58-38-20-34-32(18-36(38)56-6)43(54)50-24-28(16-30(50)22-47-34)11-8-12-45-40(51)26(4)48-41(52)39(44)25(2)3/h7-8,10-11,17-26,29-30,39H,9,12-16,44H2,1-6H3,(H,45,51)(H,48,52)/t26-,29-,30-,39-/m0/s1. The first kappa shape index (κ1) is 41.4. The fraction of sp³-hybridized carbons (Fsp3) is 0.395. The van der Waals surface area contributed by atoms with E-state index in [1.807, 2.05) is 45.2 Å². The molecule has 0 spiro atoms. The summed E-state index contributed by atoms with van der Waals surface area (Å²) in [6.07, 6.45) is 16.5. The molecule has 4 aliphatic rings. The average Bonchev–Trinajstić information content (AvgIpc) is 3.76. The average molecular weight is 794 g/mol. The van der Waals surface area contributed by atoms with Crippen molar-refractivity contribution in [3.8, 4) is 23.0 Å². The molecule has 4 amide bonds. The van der Waals surface area contributed by atoms with Crippen LogP contribution in [0.1, 0.15) is 67.7 Å². The van der Waals surface area contributed by atoms with Crippen LogP contribution in [0.25, 0.3) is 0 Å². The molecule has 0 bridgehead atoms. The first-order chi connectivity index (χ1) is 27.9. The lowest BCUT2D eigenvalue weighted by atomic mass is 10.0. The van der Waals surface area contributed by atoms with Crippen molar-refractivity contribution in [2.24, 2.45) is 21.6 Å². The van der Waals surface area contributed by atoms with E-state index in [4.69, 9.17) is 24.7 Å². The fourth-order valence-electron chi connectivity index (χ4n) is 6.87. The normalized spacial score (nSPS) is 19.2. The largest absolute Gasteiger partial charge is 0.493 e. The molecule has 0 unspecified atom stereocenters. The van der Waals surface area contributed by atoms with E-state index in [-0.39, 0.29) is 61.4 Å². The summed E-state index contributed by atoms with van der Waals surface area (Å²) >= 11 is 0. The molecule has 58 heavy (non-hydrogen) atoms. The maximum atomic E-state index is 13.7. The minimum Gasteiger partial charge on any atom is -0.493 e. The van der Waals surface area contributed by atoms with Crippen molar-refractivity contribution < 1.29 is 38.1 Å². The molecule has 4 N–H and O–H groups in total. The van der Waals surface area contributed by atoms with Crippen LogP contribution in [0.15, 0.2) is 82.1 Å². The quantitative estimate of drug-likeness (QED) is 0.199. The summed E-state index contributed by atoms with van der Waals surface area (Å²) in [5.41, 5.74) is 9.63. The molecule has 2 aromatic rings. The van der Waals surface area contributed by atoms with Crippen LogP contribution in [-0.2, 0) is 9.59 Å². The Bertz CT molecular complexity index is 2120. The van der Waals surface area contributed by atoms with Crippen molar-refractivity contribution in [3.63, 3.8) is 0 Å². The van der Waals surface area contributed by atoms with Crippen molar-refractivity contribution in [3.05, 3.63) is 83.2 Å². The Hall–Kier alpha value is -6.22. The van der Waals surface area contributed by atoms with E-state index in [1.54, 1.807) is 65.7 Å². The number of methoxy groups -OCH3 is 2. The molecule has 4 atom stereocenters. The molecule has 6 rings (SSSR count). The molecule has 0 aliphatic carbocycles. The number of carbonyl (C=O) groups is 4. The first-order valence-electron chi connectivity index (χ1n) is 19.4. The van der Waals surface area contributed by atoms with Crippen LogP contribution in [0.2, 0.25) is 0 Å². The Morgan fingerprint density at radius 1 is 0.810 bits per heavy atom. The van der Waals surface area contributed by atoms with Gasteiger partial charge in [0.15, 0.2) is 23.0 Å². The zero-order valence-corrected chi connectivity index (χ0v) is 33.7. The second-order valence-corrected chi connectivity index (χ2v) is 14.7. The molecule has 0 saturated carbocycles. The van der Waals surface area contributed by atoms with E-state index in [0.717, 1.165) is 11.1 Å². The second kappa shape index (κ2) is 18.4. The summed E-state index contributed by atoms with van der Waals surface area (Å²) < 4.78 is 23.4. The van der Waals surface area contributed by atoms with E-state index in [2.05, 4.69) is 20.6 Å². The molecular formula is C43H51N7O8. The van der Waals surface area contributed by atoms with Gasteiger partial charge in [0.1, 0.15) is 6.04 Å². The predicted molar refractivity (Wildman–Crippen MR) is 221 cm³/mol. The van der Waals surface area contributed by atoms with Crippen molar-refractivity contribution in [1.29, 1.82) is 0 Å². The Balaban J connectivity index is 1.02. The van der Waals surface area contributed by atoms with Gasteiger partial charge in [0.2, 0.25) is 11.8 Å². The Morgan fingerprint density at radius 2 is 1.33 bits per heavy atom. The Kier molecular flexibility index (Phi) is 13.1. The summed E-state index contributed by atoms with van der Waals surface area (Å²) in [4.78, 5) is 64.5. The number of nitrogens with one attached hydrogen (secondary N) is 2. The highest BCUT2D eigenvalue weighted by Gasteiger charge is 2.34. The van der Waals surface area contributed by atoms with Crippen LogP contribution in [0, 0.1) is 5.92 Å². The van der Waals surface area contributed by atoms with Crippen LogP contribution in [0.4, 0.5) is 11.4 Å². The molecule has 0 saturated heterocycles. The number of aliphatic imine (C=N–C) groups is 2. The van der Waals surface area contributed by atoms with Gasteiger partial charge in [-0.15, -0.1) is 0 Å². The third-order valence-corrected chi connectivity index (χ3v) is 10.2. The van der Waals surface area contributed by atoms with Gasteiger partial charge >= 0.3 is 0 Å². The molecule has 15 heteroatoms. The first-order valence-corrected chi connectivity index (χ1v) is 19.4. The van der Waals surface area contributed by atoms with Gasteiger partial charge in [-0.25, -0.2) is 0 Å². The monoisotopic (exact) mass is 793 g/mol. The number of nitrogens with zero attached hydrogens (tertiary/aromatic N) is 4. The lowest BCUT2D eigenvalue weighted by Crippen LogP contribution is -2.51. The molecule has 0 fully saturated rings. The molecular weight excluding hydrogens is 743 g/mol. The highest BCUT2D eigenvalue weighted by molar-refractivity contribution is 6.05. The molecule has 4 heterocycles. The smallest absolute Gasteiger partial charge is 0.260 e. The van der Waals surface area contributed by atoms with E-state index in [9.17, 15) is 19.2 Å². The highest BCUT2D eigenvalue weighted by Crippen LogP contribution is 2.40. The van der Waals surface area contributed by atoms with Gasteiger partial charge in [-0.1, -0.05) is 38.2 Å². The highest BCUT2D eigenvalue weighted by atomic mass is 16.5. The van der Waals surface area contributed by atoms with Gasteiger partial charge in [0.05, 0.1) is 68.1 Å². The van der Waals surface area contributed by atoms with Crippen LogP contribution in [0.3, 0.4) is 0 Å². The number of amides is 4. The number of fused-ring (bicyclic) bond motifs is 4. The van der Waals surface area contributed by atoms with E-state index < -0.39 is 12.1 Å². The molecule has 0 radical (unpaired) electrons. The summed E-state index contributed by atoms with van der Waals surface area (Å²) in [5, 5.41) is 5.41. The van der Waals surface area contributed by atoms with Crippen LogP contribution in [0.5, 0.6) is 23.0 Å². The SMILES string of the molecule is CC=CC1=CN2C(=O)c3cc(OC)c(OCCCOc4cc5c(cc4OC)C(=O)N4C=C(C=CCNC(=O)[C@H](C)NC(=O)[C@@H](N)C(C)C)C[C@H]4C=N5)cc3N=C[C@@H]2C1. The zero-order valence-electron chi connectivity index (χ0n) is 33.7. The Labute approximate surface area is 338 Å². The number of ether oxygens (including phenoxy) is 4. The third-order valence-electron chi connectivity index (χ3n) is 10.2. The number of benzene rings is 2. The summed E-state index contributed by atoms with van der Waals surface area (Å²) in [7, 11) is 3.04. The summed E-state index contributed by atoms with van der Waals surface area (Å²) in [6, 6.07) is 4.87. The van der Waals surface area contributed by atoms with Gasteiger partial charge < -0.3 is 45.1 Å². The maximum Gasteiger partial charge on any atom is 0.260 e. The van der Waals surface area contributed by atoms with Gasteiger partial charge in [0, 0.05) is 49.9 Å². The van der Waals surface area contributed by atoms with Crippen LogP contribution in [-0.4, -0.2) is 104 Å². The zero-order chi connectivity index (χ0) is 41.5. The summed E-state index contributed by atoms with van der Waals surface area (Å²) in [6.45, 7) is 8.04. The maximum absolute atomic E-state index is 13.7. The number of hydrogen-bond donors (Lipinski definition) is 3. The van der Waals surface area contributed by atoms with E-state index in [1.165, 1.54) is 14.2 Å². The Morgan fingerprint density at radius 3 is 1.81 bits per heavy atom. The number of nitrogens with two attached hydrogens (primary N) is 1. The van der Waals surface area contributed by atoms with Crippen LogP contribution >= 0.6 is 0 Å². The van der Waals surface area contributed by atoms with E-state index >= 15 is 0 Å². The van der Waals surface area contributed by atoms with Gasteiger partial charge in [0.25, 0.3) is 11.8 Å². The molecule has 2 aromatic carbocycles. The molecule has 0 aromatic heterocycles. The number of carbonyl (C=O) groups excluding carboxylic acids is 4. The lowest BCUT2D eigenvalue weighted by Gasteiger charge is -2.19. The van der Waals surface area contributed by atoms with E-state index in [0.29, 0.717) is 64.8 Å².